The second-order valence-corrected chi connectivity index (χ2v) is 4.85. The number of nitrogens with one attached hydrogen (secondary N) is 2. The number of allylic oxidation sites excluding steroid dienone is 2. The van der Waals surface area contributed by atoms with Gasteiger partial charge in [-0.05, 0) is 25.7 Å². The number of Topliss-reactive ketones (excluding diaryl/α,β-unsaturated/α-hetero) is 1. The Morgan fingerprint density at radius 3 is 3.18 bits per heavy atom. The third-order valence-corrected chi connectivity index (χ3v) is 3.73. The molecule has 4 nitrogen and oxygen atoms in total. The topological polar surface area (TPSA) is 57.8 Å². The third kappa shape index (κ3) is 1.99. The number of nitrogens with zero attached hydrogens (tertiary/aromatic N) is 1. The van der Waals surface area contributed by atoms with Gasteiger partial charge in [-0.3, -0.25) is 4.79 Å². The molecular formula is C13H17N3O. The van der Waals surface area contributed by atoms with Crippen molar-refractivity contribution in [1.82, 2.24) is 15.3 Å². The van der Waals surface area contributed by atoms with E-state index in [2.05, 4.69) is 15.3 Å². The van der Waals surface area contributed by atoms with Crippen molar-refractivity contribution in [3.8, 4) is 0 Å². The largest absolute Gasteiger partial charge is 0.388 e. The third-order valence-electron chi connectivity index (χ3n) is 3.73. The molecule has 3 rings (SSSR count). The van der Waals surface area contributed by atoms with Gasteiger partial charge in [0.1, 0.15) is 0 Å². The van der Waals surface area contributed by atoms with Crippen LogP contribution in [0.2, 0.25) is 0 Å². The molecule has 1 aliphatic carbocycles. The van der Waals surface area contributed by atoms with Gasteiger partial charge < -0.3 is 10.3 Å². The zero-order chi connectivity index (χ0) is 11.7. The van der Waals surface area contributed by atoms with Gasteiger partial charge in [0.05, 0.1) is 12.0 Å². The number of carbonyl (C=O) groups excluding carboxylic acids is 1. The molecule has 17 heavy (non-hydrogen) atoms. The number of aromatic nitrogens is 2. The lowest BCUT2D eigenvalue weighted by Gasteiger charge is -2.29. The minimum atomic E-state index is 0.136. The minimum Gasteiger partial charge on any atom is -0.388 e. The Bertz CT molecular complexity index is 447. The number of carbonyl (C=O) groups is 1. The van der Waals surface area contributed by atoms with Crippen molar-refractivity contribution in [2.75, 3.05) is 6.54 Å². The van der Waals surface area contributed by atoms with Gasteiger partial charge in [-0.1, -0.05) is 0 Å². The van der Waals surface area contributed by atoms with Gasteiger partial charge in [0, 0.05) is 36.4 Å². The van der Waals surface area contributed by atoms with E-state index < -0.39 is 0 Å². The van der Waals surface area contributed by atoms with Crippen LogP contribution in [0.25, 0.3) is 0 Å². The van der Waals surface area contributed by atoms with E-state index in [1.807, 2.05) is 6.20 Å². The van der Waals surface area contributed by atoms with Crippen LogP contribution >= 0.6 is 0 Å². The summed E-state index contributed by atoms with van der Waals surface area (Å²) in [6.07, 6.45) is 8.36. The predicted octanol–water partition coefficient (Wildman–Crippen LogP) is 1.57. The van der Waals surface area contributed by atoms with E-state index in [1.54, 1.807) is 6.33 Å². The molecule has 0 spiro atoms. The van der Waals surface area contributed by atoms with Crippen LogP contribution < -0.4 is 5.32 Å². The first kappa shape index (κ1) is 10.6. The highest BCUT2D eigenvalue weighted by Crippen LogP contribution is 2.31. The molecule has 0 saturated heterocycles. The summed E-state index contributed by atoms with van der Waals surface area (Å²) < 4.78 is 0. The van der Waals surface area contributed by atoms with E-state index in [1.165, 1.54) is 5.70 Å². The van der Waals surface area contributed by atoms with Crippen LogP contribution in [-0.2, 0) is 11.2 Å². The normalized spacial score (nSPS) is 24.5. The Morgan fingerprint density at radius 2 is 2.35 bits per heavy atom. The summed E-state index contributed by atoms with van der Waals surface area (Å²) in [5.74, 6) is 0.485. The molecule has 1 aromatic rings. The predicted molar refractivity (Wildman–Crippen MR) is 64.3 cm³/mol. The van der Waals surface area contributed by atoms with Crippen molar-refractivity contribution in [2.45, 2.75) is 32.1 Å². The molecule has 4 heteroatoms. The fraction of sp³-hybridized carbons (Fsp3) is 0.538. The van der Waals surface area contributed by atoms with Gasteiger partial charge in [0.2, 0.25) is 0 Å². The molecular weight excluding hydrogens is 214 g/mol. The van der Waals surface area contributed by atoms with Gasteiger partial charge in [-0.2, -0.15) is 0 Å². The maximum Gasteiger partial charge on any atom is 0.164 e. The van der Waals surface area contributed by atoms with Crippen molar-refractivity contribution in [1.29, 1.82) is 0 Å². The van der Waals surface area contributed by atoms with Crippen LogP contribution in [0.1, 0.15) is 31.4 Å². The van der Waals surface area contributed by atoms with E-state index in [4.69, 9.17) is 0 Å². The van der Waals surface area contributed by atoms with Crippen molar-refractivity contribution < 1.29 is 4.79 Å². The Kier molecular flexibility index (Phi) is 2.71. The van der Waals surface area contributed by atoms with Gasteiger partial charge in [-0.15, -0.1) is 0 Å². The Labute approximate surface area is 101 Å². The van der Waals surface area contributed by atoms with Gasteiger partial charge in [0.15, 0.2) is 5.78 Å². The zero-order valence-corrected chi connectivity index (χ0v) is 9.83. The lowest BCUT2D eigenvalue weighted by Crippen LogP contribution is -2.33. The van der Waals surface area contributed by atoms with E-state index >= 15 is 0 Å². The molecule has 0 amide bonds. The molecule has 0 radical (unpaired) electrons. The van der Waals surface area contributed by atoms with E-state index in [0.717, 1.165) is 49.9 Å². The van der Waals surface area contributed by atoms with Gasteiger partial charge in [-0.25, -0.2) is 4.98 Å². The van der Waals surface area contributed by atoms with Crippen LogP contribution in [0.5, 0.6) is 0 Å². The number of ketones is 1. The Morgan fingerprint density at radius 1 is 1.41 bits per heavy atom. The first-order valence-electron chi connectivity index (χ1n) is 6.32. The molecule has 0 bridgehead atoms. The molecule has 2 heterocycles. The molecule has 90 valence electrons. The highest BCUT2D eigenvalue weighted by Gasteiger charge is 2.31. The molecule has 0 fully saturated rings. The van der Waals surface area contributed by atoms with E-state index in [-0.39, 0.29) is 5.92 Å². The molecule has 2 aliphatic rings. The van der Waals surface area contributed by atoms with Crippen molar-refractivity contribution in [2.24, 2.45) is 5.92 Å². The highest BCUT2D eigenvalue weighted by molar-refractivity contribution is 5.98. The fourth-order valence-electron chi connectivity index (χ4n) is 2.82. The molecule has 0 aromatic carbocycles. The summed E-state index contributed by atoms with van der Waals surface area (Å²) >= 11 is 0. The molecule has 1 aromatic heterocycles. The highest BCUT2D eigenvalue weighted by atomic mass is 16.1. The molecule has 2 N–H and O–H groups in total. The summed E-state index contributed by atoms with van der Waals surface area (Å²) in [6, 6.07) is 0. The summed E-state index contributed by atoms with van der Waals surface area (Å²) in [5.41, 5.74) is 3.26. The number of hydrogen-bond donors (Lipinski definition) is 2. The van der Waals surface area contributed by atoms with Crippen LogP contribution in [0.4, 0.5) is 0 Å². The Hall–Kier alpha value is -1.58. The van der Waals surface area contributed by atoms with Crippen molar-refractivity contribution in [3.63, 3.8) is 0 Å². The molecule has 1 aliphatic heterocycles. The number of H-pyrrole nitrogens is 1. The fourth-order valence-corrected chi connectivity index (χ4v) is 2.82. The number of rotatable bonds is 2. The Balaban J connectivity index is 1.77. The van der Waals surface area contributed by atoms with Crippen LogP contribution in [0.15, 0.2) is 23.8 Å². The summed E-state index contributed by atoms with van der Waals surface area (Å²) in [7, 11) is 0. The zero-order valence-electron chi connectivity index (χ0n) is 9.83. The molecule has 0 saturated carbocycles. The maximum absolute atomic E-state index is 12.4. The minimum absolute atomic E-state index is 0.136. The van der Waals surface area contributed by atoms with Crippen LogP contribution in [0.3, 0.4) is 0 Å². The second-order valence-electron chi connectivity index (χ2n) is 4.85. The summed E-state index contributed by atoms with van der Waals surface area (Å²) in [4.78, 5) is 19.5. The average Bonchev–Trinajstić information content (AvgIpc) is 2.86. The maximum atomic E-state index is 12.4. The second kappa shape index (κ2) is 4.35. The van der Waals surface area contributed by atoms with Crippen molar-refractivity contribution in [3.05, 3.63) is 29.5 Å². The first-order chi connectivity index (χ1) is 8.34. The number of imidazole rings is 1. The number of aromatic amines is 1. The van der Waals surface area contributed by atoms with Crippen LogP contribution in [0, 0.1) is 5.92 Å². The first-order valence-corrected chi connectivity index (χ1v) is 6.32. The lowest BCUT2D eigenvalue weighted by atomic mass is 9.80. The lowest BCUT2D eigenvalue weighted by molar-refractivity contribution is -0.120. The quantitative estimate of drug-likeness (QED) is 0.812. The van der Waals surface area contributed by atoms with Gasteiger partial charge >= 0.3 is 0 Å². The smallest absolute Gasteiger partial charge is 0.164 e. The molecule has 1 unspecified atom stereocenters. The van der Waals surface area contributed by atoms with Crippen molar-refractivity contribution >= 4 is 5.78 Å². The standard InChI is InChI=1S/C13H17N3O/c17-13-9(6-10-7-14-8-16-10)3-4-12-11(13)2-1-5-15-12/h7-9,15H,1-6H2,(H,14,16). The molecule has 1 atom stereocenters. The SMILES string of the molecule is O=C1C2=C(CCC1Cc1c[nH]cn1)NCCC2. The van der Waals surface area contributed by atoms with E-state index in [9.17, 15) is 4.79 Å². The van der Waals surface area contributed by atoms with E-state index in [0.29, 0.717) is 5.78 Å². The summed E-state index contributed by atoms with van der Waals surface area (Å²) in [6.45, 7) is 1.02. The van der Waals surface area contributed by atoms with Crippen LogP contribution in [-0.4, -0.2) is 22.3 Å². The summed E-state index contributed by atoms with van der Waals surface area (Å²) in [5, 5.41) is 3.37. The van der Waals surface area contributed by atoms with Gasteiger partial charge in [0.25, 0.3) is 0 Å². The average molecular weight is 231 g/mol. The number of hydrogen-bond acceptors (Lipinski definition) is 3. The monoisotopic (exact) mass is 231 g/mol.